The minimum atomic E-state index is 0.436. The minimum Gasteiger partial charge on any atom is -0.383 e. The van der Waals surface area contributed by atoms with Crippen LogP contribution in [0.3, 0.4) is 0 Å². The number of para-hydroxylation sites is 1. The lowest BCUT2D eigenvalue weighted by atomic mass is 9.71. The standard InChI is InChI=1S/C18H29NO/c1-14-11-16(13-18(3,4)12-14)20-10-9-19-17-8-6-5-7-15(17)2/h5-8,14,16,19H,9-13H2,1-4H3. The Bertz CT molecular complexity index is 427. The van der Waals surface area contributed by atoms with Gasteiger partial charge in [0.2, 0.25) is 0 Å². The molecule has 112 valence electrons. The van der Waals surface area contributed by atoms with E-state index in [1.807, 2.05) is 0 Å². The Hall–Kier alpha value is -1.02. The van der Waals surface area contributed by atoms with E-state index >= 15 is 0 Å². The average molecular weight is 275 g/mol. The molecule has 1 aliphatic carbocycles. The third-order valence-electron chi connectivity index (χ3n) is 4.26. The molecular weight excluding hydrogens is 246 g/mol. The summed E-state index contributed by atoms with van der Waals surface area (Å²) in [6.45, 7) is 10.9. The van der Waals surface area contributed by atoms with E-state index in [-0.39, 0.29) is 0 Å². The number of ether oxygens (including phenoxy) is 1. The van der Waals surface area contributed by atoms with E-state index < -0.39 is 0 Å². The molecular formula is C18H29NO. The zero-order chi connectivity index (χ0) is 14.6. The summed E-state index contributed by atoms with van der Waals surface area (Å²) in [7, 11) is 0. The van der Waals surface area contributed by atoms with Gasteiger partial charge in [-0.15, -0.1) is 0 Å². The zero-order valence-electron chi connectivity index (χ0n) is 13.4. The fourth-order valence-electron chi connectivity index (χ4n) is 3.57. The van der Waals surface area contributed by atoms with Crippen molar-refractivity contribution < 1.29 is 4.74 Å². The highest BCUT2D eigenvalue weighted by molar-refractivity contribution is 5.50. The average Bonchev–Trinajstić information content (AvgIpc) is 2.34. The summed E-state index contributed by atoms with van der Waals surface area (Å²) in [6, 6.07) is 8.40. The number of benzene rings is 1. The molecule has 0 heterocycles. The van der Waals surface area contributed by atoms with Crippen LogP contribution in [0.2, 0.25) is 0 Å². The minimum absolute atomic E-state index is 0.436. The van der Waals surface area contributed by atoms with Crippen LogP contribution in [0.4, 0.5) is 5.69 Å². The van der Waals surface area contributed by atoms with Gasteiger partial charge in [0.25, 0.3) is 0 Å². The number of aryl methyl sites for hydroxylation is 1. The lowest BCUT2D eigenvalue weighted by Crippen LogP contribution is -2.33. The van der Waals surface area contributed by atoms with Gasteiger partial charge in [0.1, 0.15) is 0 Å². The maximum absolute atomic E-state index is 6.09. The summed E-state index contributed by atoms with van der Waals surface area (Å²) in [5.41, 5.74) is 2.94. The Labute approximate surface area is 123 Å². The molecule has 0 aromatic heterocycles. The first-order valence-corrected chi connectivity index (χ1v) is 7.87. The highest BCUT2D eigenvalue weighted by Gasteiger charge is 2.32. The summed E-state index contributed by atoms with van der Waals surface area (Å²) in [5, 5.41) is 3.46. The van der Waals surface area contributed by atoms with Gasteiger partial charge >= 0.3 is 0 Å². The monoisotopic (exact) mass is 275 g/mol. The number of rotatable bonds is 5. The molecule has 1 aromatic rings. The molecule has 2 rings (SSSR count). The largest absolute Gasteiger partial charge is 0.383 e. The van der Waals surface area contributed by atoms with E-state index in [4.69, 9.17) is 4.74 Å². The normalized spacial score (nSPS) is 25.4. The molecule has 1 aromatic carbocycles. The maximum Gasteiger partial charge on any atom is 0.0642 e. The quantitative estimate of drug-likeness (QED) is 0.791. The highest BCUT2D eigenvalue weighted by Crippen LogP contribution is 2.39. The third kappa shape index (κ3) is 4.52. The van der Waals surface area contributed by atoms with Gasteiger partial charge in [-0.1, -0.05) is 39.0 Å². The van der Waals surface area contributed by atoms with Gasteiger partial charge in [-0.3, -0.25) is 0 Å². The molecule has 2 unspecified atom stereocenters. The zero-order valence-corrected chi connectivity index (χ0v) is 13.4. The van der Waals surface area contributed by atoms with Crippen molar-refractivity contribution in [2.24, 2.45) is 11.3 Å². The van der Waals surface area contributed by atoms with E-state index in [9.17, 15) is 0 Å². The van der Waals surface area contributed by atoms with E-state index in [0.29, 0.717) is 11.5 Å². The molecule has 1 aliphatic rings. The molecule has 1 fully saturated rings. The predicted molar refractivity (Wildman–Crippen MR) is 86.2 cm³/mol. The Balaban J connectivity index is 1.72. The molecule has 0 spiro atoms. The number of hydrogen-bond acceptors (Lipinski definition) is 2. The van der Waals surface area contributed by atoms with Gasteiger partial charge in [-0.25, -0.2) is 0 Å². The van der Waals surface area contributed by atoms with E-state index in [0.717, 1.165) is 19.1 Å². The van der Waals surface area contributed by atoms with Crippen LogP contribution < -0.4 is 5.32 Å². The molecule has 2 nitrogen and oxygen atoms in total. The smallest absolute Gasteiger partial charge is 0.0642 e. The summed E-state index contributed by atoms with van der Waals surface area (Å²) in [5.74, 6) is 0.785. The van der Waals surface area contributed by atoms with E-state index in [2.05, 4.69) is 57.3 Å². The van der Waals surface area contributed by atoms with Crippen LogP contribution in [0.1, 0.15) is 45.6 Å². The Morgan fingerprint density at radius 3 is 2.70 bits per heavy atom. The van der Waals surface area contributed by atoms with Gasteiger partial charge in [-0.2, -0.15) is 0 Å². The number of hydrogen-bond donors (Lipinski definition) is 1. The molecule has 0 radical (unpaired) electrons. The fourth-order valence-corrected chi connectivity index (χ4v) is 3.57. The van der Waals surface area contributed by atoms with Crippen LogP contribution in [0.25, 0.3) is 0 Å². The van der Waals surface area contributed by atoms with Crippen molar-refractivity contribution in [3.05, 3.63) is 29.8 Å². The Morgan fingerprint density at radius 1 is 1.25 bits per heavy atom. The summed E-state index contributed by atoms with van der Waals surface area (Å²) >= 11 is 0. The summed E-state index contributed by atoms with van der Waals surface area (Å²) in [6.07, 6.45) is 4.18. The van der Waals surface area contributed by atoms with Crippen molar-refractivity contribution in [1.29, 1.82) is 0 Å². The molecule has 0 aliphatic heterocycles. The fraction of sp³-hybridized carbons (Fsp3) is 0.667. The number of nitrogens with one attached hydrogen (secondary N) is 1. The second-order valence-electron chi connectivity index (χ2n) is 7.15. The van der Waals surface area contributed by atoms with Gasteiger partial charge < -0.3 is 10.1 Å². The molecule has 0 saturated heterocycles. The van der Waals surface area contributed by atoms with Crippen LogP contribution in [0.15, 0.2) is 24.3 Å². The SMILES string of the molecule is Cc1ccccc1NCCOC1CC(C)CC(C)(C)C1. The van der Waals surface area contributed by atoms with Crippen LogP contribution in [-0.2, 0) is 4.74 Å². The molecule has 0 amide bonds. The second-order valence-corrected chi connectivity index (χ2v) is 7.15. The van der Waals surface area contributed by atoms with Gasteiger partial charge in [0.05, 0.1) is 12.7 Å². The topological polar surface area (TPSA) is 21.3 Å². The first-order valence-electron chi connectivity index (χ1n) is 7.87. The molecule has 2 heteroatoms. The Kier molecular flexibility index (Phi) is 5.09. The van der Waals surface area contributed by atoms with Crippen LogP contribution in [0, 0.1) is 18.3 Å². The van der Waals surface area contributed by atoms with Crippen molar-refractivity contribution in [1.82, 2.24) is 0 Å². The van der Waals surface area contributed by atoms with Crippen molar-refractivity contribution in [2.75, 3.05) is 18.5 Å². The predicted octanol–water partition coefficient (Wildman–Crippen LogP) is 4.64. The van der Waals surface area contributed by atoms with Crippen molar-refractivity contribution in [3.63, 3.8) is 0 Å². The van der Waals surface area contributed by atoms with Gasteiger partial charge in [-0.05, 0) is 49.1 Å². The third-order valence-corrected chi connectivity index (χ3v) is 4.26. The summed E-state index contributed by atoms with van der Waals surface area (Å²) in [4.78, 5) is 0. The summed E-state index contributed by atoms with van der Waals surface area (Å²) < 4.78 is 6.09. The molecule has 0 bridgehead atoms. The van der Waals surface area contributed by atoms with E-state index in [1.165, 1.54) is 30.5 Å². The van der Waals surface area contributed by atoms with Crippen LogP contribution in [-0.4, -0.2) is 19.3 Å². The highest BCUT2D eigenvalue weighted by atomic mass is 16.5. The van der Waals surface area contributed by atoms with Crippen LogP contribution >= 0.6 is 0 Å². The molecule has 1 N–H and O–H groups in total. The Morgan fingerprint density at radius 2 is 2.00 bits per heavy atom. The van der Waals surface area contributed by atoms with Crippen molar-refractivity contribution >= 4 is 5.69 Å². The van der Waals surface area contributed by atoms with Crippen molar-refractivity contribution in [3.8, 4) is 0 Å². The second kappa shape index (κ2) is 6.62. The number of anilines is 1. The maximum atomic E-state index is 6.09. The molecule has 1 saturated carbocycles. The van der Waals surface area contributed by atoms with Gasteiger partial charge in [0.15, 0.2) is 0 Å². The first kappa shape index (κ1) is 15.4. The van der Waals surface area contributed by atoms with Crippen molar-refractivity contribution in [2.45, 2.75) is 53.1 Å². The van der Waals surface area contributed by atoms with E-state index in [1.54, 1.807) is 0 Å². The first-order chi connectivity index (χ1) is 9.46. The molecule has 2 atom stereocenters. The van der Waals surface area contributed by atoms with Gasteiger partial charge in [0, 0.05) is 12.2 Å². The van der Waals surface area contributed by atoms with Crippen LogP contribution in [0.5, 0.6) is 0 Å². The molecule has 20 heavy (non-hydrogen) atoms. The lowest BCUT2D eigenvalue weighted by molar-refractivity contribution is -0.0185. The lowest BCUT2D eigenvalue weighted by Gasteiger charge is -2.38.